The number of rotatable bonds is 5. The summed E-state index contributed by atoms with van der Waals surface area (Å²) >= 11 is 0. The van der Waals surface area contributed by atoms with E-state index >= 15 is 0 Å². The number of ether oxygens (including phenoxy) is 2. The minimum Gasteiger partial charge on any atom is -0.507 e. The van der Waals surface area contributed by atoms with Crippen LogP contribution < -0.4 is 14.4 Å². The van der Waals surface area contributed by atoms with E-state index in [1.165, 1.54) is 25.4 Å². The van der Waals surface area contributed by atoms with Gasteiger partial charge in [0, 0.05) is 11.8 Å². The van der Waals surface area contributed by atoms with Crippen molar-refractivity contribution in [2.75, 3.05) is 19.1 Å². The van der Waals surface area contributed by atoms with Crippen LogP contribution in [-0.2, 0) is 9.59 Å². The van der Waals surface area contributed by atoms with Gasteiger partial charge in [0.2, 0.25) is 0 Å². The summed E-state index contributed by atoms with van der Waals surface area (Å²) in [6, 6.07) is 12.8. The number of carbonyl (C=O) groups is 2. The first kappa shape index (κ1) is 21.2. The van der Waals surface area contributed by atoms with Crippen LogP contribution in [0.25, 0.3) is 5.76 Å². The second-order valence-electron chi connectivity index (χ2n) is 7.54. The molecule has 1 aliphatic rings. The lowest BCUT2D eigenvalue weighted by Gasteiger charge is -2.25. The Hall–Kier alpha value is -4.00. The second-order valence-corrected chi connectivity index (χ2v) is 7.54. The van der Waals surface area contributed by atoms with Crippen molar-refractivity contribution < 1.29 is 28.6 Å². The van der Waals surface area contributed by atoms with Crippen molar-refractivity contribution in [1.29, 1.82) is 0 Å². The maximum absolute atomic E-state index is 13.2. The molecule has 0 saturated carbocycles. The summed E-state index contributed by atoms with van der Waals surface area (Å²) in [5, 5.41) is 11.2. The third-order valence-corrected chi connectivity index (χ3v) is 5.53. The molecule has 1 fully saturated rings. The number of amides is 1. The Morgan fingerprint density at radius 3 is 2.44 bits per heavy atom. The van der Waals surface area contributed by atoms with Gasteiger partial charge in [0.15, 0.2) is 0 Å². The van der Waals surface area contributed by atoms with Gasteiger partial charge in [0.05, 0.1) is 31.6 Å². The number of ketones is 1. The zero-order valence-corrected chi connectivity index (χ0v) is 18.2. The largest absolute Gasteiger partial charge is 0.507 e. The van der Waals surface area contributed by atoms with Crippen molar-refractivity contribution in [3.63, 3.8) is 0 Å². The number of nitrogens with zero attached hydrogens (tertiary/aromatic N) is 1. The highest BCUT2D eigenvalue weighted by atomic mass is 16.5. The van der Waals surface area contributed by atoms with Crippen LogP contribution in [-0.4, -0.2) is 31.0 Å². The number of benzene rings is 2. The summed E-state index contributed by atoms with van der Waals surface area (Å²) in [5.74, 6) is -0.710. The smallest absolute Gasteiger partial charge is 0.300 e. The van der Waals surface area contributed by atoms with Crippen LogP contribution in [0.2, 0.25) is 0 Å². The van der Waals surface area contributed by atoms with E-state index in [1.54, 1.807) is 36.4 Å². The molecule has 1 amide bonds. The van der Waals surface area contributed by atoms with Crippen molar-refractivity contribution in [3.05, 3.63) is 82.8 Å². The SMILES string of the molecule is COc1ccc(/C(O)=C2/C(=O)C(=O)N(c3ccc(C)cc3C)C2c2ccco2)c(OC)c1. The van der Waals surface area contributed by atoms with Crippen LogP contribution in [0.15, 0.2) is 64.8 Å². The molecule has 1 saturated heterocycles. The Morgan fingerprint density at radius 1 is 1.03 bits per heavy atom. The van der Waals surface area contributed by atoms with E-state index in [1.807, 2.05) is 26.0 Å². The van der Waals surface area contributed by atoms with Crippen LogP contribution >= 0.6 is 0 Å². The summed E-state index contributed by atoms with van der Waals surface area (Å²) < 4.78 is 16.2. The Balaban J connectivity index is 1.95. The van der Waals surface area contributed by atoms with Gasteiger partial charge in [-0.25, -0.2) is 0 Å². The van der Waals surface area contributed by atoms with Gasteiger partial charge < -0.3 is 19.0 Å². The fourth-order valence-corrected chi connectivity index (χ4v) is 4.01. The van der Waals surface area contributed by atoms with E-state index in [2.05, 4.69) is 0 Å². The second kappa shape index (κ2) is 8.26. The van der Waals surface area contributed by atoms with Crippen LogP contribution in [0.4, 0.5) is 5.69 Å². The average Bonchev–Trinajstić information content (AvgIpc) is 3.40. The fourth-order valence-electron chi connectivity index (χ4n) is 4.01. The monoisotopic (exact) mass is 433 g/mol. The Morgan fingerprint density at radius 2 is 1.81 bits per heavy atom. The zero-order chi connectivity index (χ0) is 23.0. The number of hydrogen-bond donors (Lipinski definition) is 1. The molecule has 3 aromatic rings. The number of hydrogen-bond acceptors (Lipinski definition) is 6. The quantitative estimate of drug-likeness (QED) is 0.361. The summed E-state index contributed by atoms with van der Waals surface area (Å²) in [6.07, 6.45) is 1.46. The summed E-state index contributed by atoms with van der Waals surface area (Å²) in [7, 11) is 2.96. The van der Waals surface area contributed by atoms with Crippen LogP contribution in [0, 0.1) is 13.8 Å². The number of methoxy groups -OCH3 is 2. The summed E-state index contributed by atoms with van der Waals surface area (Å²) in [5.41, 5.74) is 2.61. The van der Waals surface area contributed by atoms with Crippen LogP contribution in [0.5, 0.6) is 11.5 Å². The number of furan rings is 1. The van der Waals surface area contributed by atoms with Gasteiger partial charge in [0.25, 0.3) is 11.7 Å². The van der Waals surface area contributed by atoms with Gasteiger partial charge >= 0.3 is 0 Å². The Labute approximate surface area is 185 Å². The van der Waals surface area contributed by atoms with E-state index in [9.17, 15) is 14.7 Å². The van der Waals surface area contributed by atoms with Crippen molar-refractivity contribution in [3.8, 4) is 11.5 Å². The Kier molecular flexibility index (Phi) is 5.48. The fraction of sp³-hybridized carbons (Fsp3) is 0.200. The molecule has 1 aliphatic heterocycles. The minimum absolute atomic E-state index is 0.0756. The molecule has 1 N–H and O–H groups in total. The van der Waals surface area contributed by atoms with Crippen molar-refractivity contribution in [2.24, 2.45) is 0 Å². The highest BCUT2D eigenvalue weighted by Crippen LogP contribution is 2.44. The molecule has 1 aromatic heterocycles. The Bertz CT molecular complexity index is 1230. The number of aliphatic hydroxyl groups is 1. The lowest BCUT2D eigenvalue weighted by Crippen LogP contribution is -2.30. The molecule has 0 bridgehead atoms. The first-order valence-corrected chi connectivity index (χ1v) is 10.0. The molecule has 7 heteroatoms. The van der Waals surface area contributed by atoms with Gasteiger partial charge in [-0.1, -0.05) is 17.7 Å². The van der Waals surface area contributed by atoms with E-state index in [4.69, 9.17) is 13.9 Å². The predicted octanol–water partition coefficient (Wildman–Crippen LogP) is 4.54. The lowest BCUT2D eigenvalue weighted by atomic mass is 9.98. The van der Waals surface area contributed by atoms with Gasteiger partial charge in [-0.05, 0) is 49.7 Å². The average molecular weight is 433 g/mol. The maximum Gasteiger partial charge on any atom is 0.300 e. The van der Waals surface area contributed by atoms with E-state index < -0.39 is 17.7 Å². The minimum atomic E-state index is -0.932. The van der Waals surface area contributed by atoms with E-state index in [0.717, 1.165) is 11.1 Å². The topological polar surface area (TPSA) is 89.2 Å². The molecule has 1 atom stereocenters. The highest BCUT2D eigenvalue weighted by Gasteiger charge is 2.48. The zero-order valence-electron chi connectivity index (χ0n) is 18.2. The number of carbonyl (C=O) groups excluding carboxylic acids is 2. The van der Waals surface area contributed by atoms with Crippen molar-refractivity contribution in [2.45, 2.75) is 19.9 Å². The van der Waals surface area contributed by atoms with E-state index in [0.29, 0.717) is 22.9 Å². The molecular weight excluding hydrogens is 410 g/mol. The first-order valence-electron chi connectivity index (χ1n) is 10.0. The maximum atomic E-state index is 13.2. The van der Waals surface area contributed by atoms with Crippen LogP contribution in [0.1, 0.15) is 28.5 Å². The molecule has 1 unspecified atom stereocenters. The van der Waals surface area contributed by atoms with Crippen molar-refractivity contribution in [1.82, 2.24) is 0 Å². The predicted molar refractivity (Wildman–Crippen MR) is 119 cm³/mol. The lowest BCUT2D eigenvalue weighted by molar-refractivity contribution is -0.132. The van der Waals surface area contributed by atoms with Gasteiger partial charge in [-0.15, -0.1) is 0 Å². The van der Waals surface area contributed by atoms with Gasteiger partial charge in [-0.2, -0.15) is 0 Å². The summed E-state index contributed by atoms with van der Waals surface area (Å²) in [6.45, 7) is 3.82. The molecular formula is C25H23NO6. The van der Waals surface area contributed by atoms with Gasteiger partial charge in [0.1, 0.15) is 29.1 Å². The molecule has 32 heavy (non-hydrogen) atoms. The standard InChI is InChI=1S/C25H23NO6/c1-14-7-10-18(15(2)12-14)26-22(19-6-5-11-32-19)21(24(28)25(26)29)23(27)17-9-8-16(30-3)13-20(17)31-4/h5-13,22,27H,1-4H3/b23-21-. The number of anilines is 1. The third kappa shape index (κ3) is 3.41. The number of Topliss-reactive ketones (excluding diaryl/α,β-unsaturated/α-hetero) is 1. The molecule has 0 aliphatic carbocycles. The summed E-state index contributed by atoms with van der Waals surface area (Å²) in [4.78, 5) is 27.8. The van der Waals surface area contributed by atoms with E-state index in [-0.39, 0.29) is 16.9 Å². The molecule has 0 radical (unpaired) electrons. The number of aryl methyl sites for hydroxylation is 2. The molecule has 7 nitrogen and oxygen atoms in total. The molecule has 0 spiro atoms. The molecule has 2 aromatic carbocycles. The van der Waals surface area contributed by atoms with Gasteiger partial charge in [-0.3, -0.25) is 14.5 Å². The molecule has 4 rings (SSSR count). The first-order chi connectivity index (χ1) is 15.4. The molecule has 164 valence electrons. The van der Waals surface area contributed by atoms with Crippen LogP contribution in [0.3, 0.4) is 0 Å². The molecule has 2 heterocycles. The number of aliphatic hydroxyl groups excluding tert-OH is 1. The highest BCUT2D eigenvalue weighted by molar-refractivity contribution is 6.51. The normalized spacial score (nSPS) is 17.6. The third-order valence-electron chi connectivity index (χ3n) is 5.53. The van der Waals surface area contributed by atoms with Crippen molar-refractivity contribution >= 4 is 23.1 Å².